The average Bonchev–Trinajstić information content (AvgIpc) is 2.53. The molecule has 0 spiro atoms. The van der Waals surface area contributed by atoms with Crippen molar-refractivity contribution in [1.29, 1.82) is 0 Å². The number of halogens is 4. The maximum atomic E-state index is 13.0. The van der Waals surface area contributed by atoms with E-state index in [1.165, 1.54) is 19.1 Å². The van der Waals surface area contributed by atoms with E-state index in [9.17, 15) is 21.6 Å². The molecule has 1 aromatic rings. The first-order valence-corrected chi connectivity index (χ1v) is 9.45. The van der Waals surface area contributed by atoms with E-state index in [2.05, 4.69) is 10.0 Å². The molecule has 26 heavy (non-hydrogen) atoms. The Balaban J connectivity index is 0.00000338. The third kappa shape index (κ3) is 5.56. The lowest BCUT2D eigenvalue weighted by molar-refractivity contribution is -0.138. The average molecular weight is 417 g/mol. The molecule has 0 radical (unpaired) electrons. The van der Waals surface area contributed by atoms with Crippen LogP contribution in [0, 0.1) is 12.3 Å². The van der Waals surface area contributed by atoms with Gasteiger partial charge in [-0.25, -0.2) is 13.1 Å². The van der Waals surface area contributed by atoms with Gasteiger partial charge in [-0.15, -0.1) is 12.4 Å². The predicted octanol–water partition coefficient (Wildman–Crippen LogP) is 2.73. The van der Waals surface area contributed by atoms with Crippen molar-refractivity contribution < 1.29 is 26.3 Å². The molecule has 0 bridgehead atoms. The lowest BCUT2D eigenvalue weighted by atomic mass is 9.80. The van der Waals surface area contributed by atoms with Gasteiger partial charge in [-0.2, -0.15) is 13.2 Å². The number of nitrogens with one attached hydrogen (secondary N) is 2. The third-order valence-electron chi connectivity index (χ3n) is 4.58. The fourth-order valence-corrected chi connectivity index (χ4v) is 4.22. The third-order valence-corrected chi connectivity index (χ3v) is 5.98. The summed E-state index contributed by atoms with van der Waals surface area (Å²) in [6.45, 7) is 3.30. The zero-order valence-electron chi connectivity index (χ0n) is 14.6. The molecule has 1 fully saturated rings. The van der Waals surface area contributed by atoms with Crippen LogP contribution >= 0.6 is 12.4 Å². The second kappa shape index (κ2) is 8.88. The Labute approximate surface area is 158 Å². The van der Waals surface area contributed by atoms with Crippen LogP contribution in [0.3, 0.4) is 0 Å². The minimum Gasteiger partial charge on any atom is -0.384 e. The molecule has 0 unspecified atom stereocenters. The molecule has 2 N–H and O–H groups in total. The van der Waals surface area contributed by atoms with Crippen LogP contribution in [0.25, 0.3) is 0 Å². The Bertz CT molecular complexity index is 700. The minimum absolute atomic E-state index is 0. The SMILES string of the molecule is COCC1(CNS(=O)(=O)c2ccc(C)c(C(F)(F)F)c2)CCNCC1.Cl. The standard InChI is InChI=1S/C16H23F3N2O3S.ClH/c1-12-3-4-13(9-14(12)16(17,18)19)25(22,23)21-10-15(11-24-2)5-7-20-8-6-15;/h3-4,9,20-21H,5-8,10-11H2,1-2H3;1H. The van der Waals surface area contributed by atoms with E-state index in [1.807, 2.05) is 0 Å². The van der Waals surface area contributed by atoms with Crippen LogP contribution in [0.2, 0.25) is 0 Å². The first-order valence-electron chi connectivity index (χ1n) is 7.97. The highest BCUT2D eigenvalue weighted by atomic mass is 35.5. The van der Waals surface area contributed by atoms with Crippen LogP contribution in [0.15, 0.2) is 23.1 Å². The van der Waals surface area contributed by atoms with Crippen molar-refractivity contribution in [3.05, 3.63) is 29.3 Å². The van der Waals surface area contributed by atoms with Crippen LogP contribution in [0.1, 0.15) is 24.0 Å². The van der Waals surface area contributed by atoms with Crippen molar-refractivity contribution in [1.82, 2.24) is 10.0 Å². The van der Waals surface area contributed by atoms with Crippen LogP contribution in [0.4, 0.5) is 13.2 Å². The molecule has 0 aromatic heterocycles. The van der Waals surface area contributed by atoms with Gasteiger partial charge in [0.15, 0.2) is 0 Å². The highest BCUT2D eigenvalue weighted by Gasteiger charge is 2.35. The van der Waals surface area contributed by atoms with Gasteiger partial charge >= 0.3 is 6.18 Å². The number of alkyl halides is 3. The molecule has 2 rings (SSSR count). The Morgan fingerprint density at radius 1 is 1.27 bits per heavy atom. The van der Waals surface area contributed by atoms with E-state index in [4.69, 9.17) is 4.74 Å². The first-order chi connectivity index (χ1) is 11.6. The van der Waals surface area contributed by atoms with Crippen molar-refractivity contribution in [2.24, 2.45) is 5.41 Å². The summed E-state index contributed by atoms with van der Waals surface area (Å²) in [6.07, 6.45) is -3.14. The Hall–Kier alpha value is -0.870. The summed E-state index contributed by atoms with van der Waals surface area (Å²) in [5.41, 5.74) is -1.31. The molecule has 10 heteroatoms. The van der Waals surface area contributed by atoms with Crippen LogP contribution < -0.4 is 10.0 Å². The smallest absolute Gasteiger partial charge is 0.384 e. The number of methoxy groups -OCH3 is 1. The summed E-state index contributed by atoms with van der Waals surface area (Å²) in [5, 5.41) is 3.20. The van der Waals surface area contributed by atoms with Crippen LogP contribution in [0.5, 0.6) is 0 Å². The Morgan fingerprint density at radius 3 is 2.42 bits per heavy atom. The van der Waals surface area contributed by atoms with Crippen molar-refractivity contribution in [2.75, 3.05) is 33.4 Å². The number of sulfonamides is 1. The fourth-order valence-electron chi connectivity index (χ4n) is 3.04. The van der Waals surface area contributed by atoms with Gasteiger partial charge in [0.1, 0.15) is 0 Å². The maximum Gasteiger partial charge on any atom is 0.416 e. The van der Waals surface area contributed by atoms with Gasteiger partial charge in [0, 0.05) is 19.1 Å². The molecule has 0 aliphatic carbocycles. The van der Waals surface area contributed by atoms with E-state index in [0.717, 1.165) is 25.9 Å². The number of aryl methyl sites for hydroxylation is 1. The summed E-state index contributed by atoms with van der Waals surface area (Å²) in [4.78, 5) is -0.382. The highest BCUT2D eigenvalue weighted by molar-refractivity contribution is 7.89. The van der Waals surface area contributed by atoms with Gasteiger partial charge in [-0.3, -0.25) is 0 Å². The van der Waals surface area contributed by atoms with E-state index in [1.54, 1.807) is 7.11 Å². The lowest BCUT2D eigenvalue weighted by Crippen LogP contribution is -2.47. The summed E-state index contributed by atoms with van der Waals surface area (Å²) < 4.78 is 71.7. The summed E-state index contributed by atoms with van der Waals surface area (Å²) in [7, 11) is -2.49. The fraction of sp³-hybridized carbons (Fsp3) is 0.625. The topological polar surface area (TPSA) is 67.4 Å². The maximum absolute atomic E-state index is 13.0. The number of benzene rings is 1. The largest absolute Gasteiger partial charge is 0.416 e. The van der Waals surface area contributed by atoms with Crippen molar-refractivity contribution >= 4 is 22.4 Å². The number of hydrogen-bond acceptors (Lipinski definition) is 4. The van der Waals surface area contributed by atoms with E-state index in [-0.39, 0.29) is 34.8 Å². The zero-order valence-corrected chi connectivity index (χ0v) is 16.3. The molecule has 5 nitrogen and oxygen atoms in total. The predicted molar refractivity (Wildman–Crippen MR) is 95.0 cm³/mol. The van der Waals surface area contributed by atoms with Crippen molar-refractivity contribution in [2.45, 2.75) is 30.8 Å². The monoisotopic (exact) mass is 416 g/mol. The van der Waals surface area contributed by atoms with E-state index < -0.39 is 21.8 Å². The molecule has 1 aliphatic rings. The summed E-state index contributed by atoms with van der Waals surface area (Å²) >= 11 is 0. The number of hydrogen-bond donors (Lipinski definition) is 2. The molecule has 1 heterocycles. The second-order valence-electron chi connectivity index (χ2n) is 6.48. The normalized spacial score (nSPS) is 17.6. The quantitative estimate of drug-likeness (QED) is 0.748. The molecule has 1 saturated heterocycles. The van der Waals surface area contributed by atoms with Crippen molar-refractivity contribution in [3.8, 4) is 0 Å². The summed E-state index contributed by atoms with van der Waals surface area (Å²) in [6, 6.07) is 3.05. The summed E-state index contributed by atoms with van der Waals surface area (Å²) in [5.74, 6) is 0. The van der Waals surface area contributed by atoms with Gasteiger partial charge < -0.3 is 10.1 Å². The molecule has 1 aromatic carbocycles. The Kier molecular flexibility index (Phi) is 7.91. The molecular formula is C16H24ClF3N2O3S. The van der Waals surface area contributed by atoms with Gasteiger partial charge in [0.05, 0.1) is 17.1 Å². The van der Waals surface area contributed by atoms with E-state index >= 15 is 0 Å². The van der Waals surface area contributed by atoms with E-state index in [0.29, 0.717) is 12.7 Å². The Morgan fingerprint density at radius 2 is 1.88 bits per heavy atom. The molecule has 0 amide bonds. The highest BCUT2D eigenvalue weighted by Crippen LogP contribution is 2.33. The van der Waals surface area contributed by atoms with Gasteiger partial charge in [-0.05, 0) is 50.6 Å². The first kappa shape index (κ1) is 23.2. The number of rotatable bonds is 6. The van der Waals surface area contributed by atoms with Crippen LogP contribution in [-0.4, -0.2) is 41.8 Å². The molecule has 1 aliphatic heterocycles. The second-order valence-corrected chi connectivity index (χ2v) is 8.25. The van der Waals surface area contributed by atoms with Crippen LogP contribution in [-0.2, 0) is 20.9 Å². The molecule has 0 saturated carbocycles. The molecule has 0 atom stereocenters. The van der Waals surface area contributed by atoms with Gasteiger partial charge in [0.25, 0.3) is 0 Å². The molecule has 150 valence electrons. The number of ether oxygens (including phenoxy) is 1. The lowest BCUT2D eigenvalue weighted by Gasteiger charge is -2.37. The van der Waals surface area contributed by atoms with Crippen molar-refractivity contribution in [3.63, 3.8) is 0 Å². The van der Waals surface area contributed by atoms with Gasteiger partial charge in [-0.1, -0.05) is 6.07 Å². The zero-order chi connectivity index (χ0) is 18.7. The molecular weight excluding hydrogens is 393 g/mol. The minimum atomic E-state index is -4.60. The number of piperidine rings is 1. The van der Waals surface area contributed by atoms with Gasteiger partial charge in [0.2, 0.25) is 10.0 Å².